The molecular formula is C21H26FNO2. The summed E-state index contributed by atoms with van der Waals surface area (Å²) in [6, 6.07) is 12.4. The van der Waals surface area contributed by atoms with Crippen molar-refractivity contribution in [3.05, 3.63) is 65.0 Å². The first-order chi connectivity index (χ1) is 11.9. The van der Waals surface area contributed by atoms with E-state index >= 15 is 0 Å². The largest absolute Gasteiger partial charge is 0.481 e. The minimum atomic E-state index is -0.576. The second kappa shape index (κ2) is 8.65. The lowest BCUT2D eigenvalue weighted by molar-refractivity contribution is -0.127. The molecule has 25 heavy (non-hydrogen) atoms. The molecule has 134 valence electrons. The zero-order chi connectivity index (χ0) is 18.4. The first kappa shape index (κ1) is 19.0. The molecule has 2 aromatic rings. The third kappa shape index (κ3) is 5.59. The van der Waals surface area contributed by atoms with E-state index in [1.807, 2.05) is 13.0 Å². The average molecular weight is 343 g/mol. The fourth-order valence-corrected chi connectivity index (χ4v) is 2.59. The molecule has 1 unspecified atom stereocenters. The van der Waals surface area contributed by atoms with Crippen LogP contribution in [-0.2, 0) is 11.2 Å². The molecule has 1 amide bonds. The molecular weight excluding hydrogens is 317 g/mol. The molecule has 3 nitrogen and oxygen atoms in total. The van der Waals surface area contributed by atoms with E-state index in [1.165, 1.54) is 12.1 Å². The van der Waals surface area contributed by atoms with Gasteiger partial charge in [0.15, 0.2) is 6.10 Å². The van der Waals surface area contributed by atoms with E-state index in [9.17, 15) is 9.18 Å². The van der Waals surface area contributed by atoms with Crippen molar-refractivity contribution < 1.29 is 13.9 Å². The average Bonchev–Trinajstić information content (AvgIpc) is 2.56. The van der Waals surface area contributed by atoms with Crippen LogP contribution in [0.25, 0.3) is 0 Å². The molecule has 0 radical (unpaired) electrons. The Kier molecular flexibility index (Phi) is 6.57. The van der Waals surface area contributed by atoms with Gasteiger partial charge in [0.25, 0.3) is 5.91 Å². The molecule has 2 rings (SSSR count). The Bertz CT molecular complexity index is 710. The molecule has 0 aromatic heterocycles. The van der Waals surface area contributed by atoms with Crippen molar-refractivity contribution in [3.63, 3.8) is 0 Å². The molecule has 0 spiro atoms. The normalized spacial score (nSPS) is 12.1. The van der Waals surface area contributed by atoms with E-state index in [2.05, 4.69) is 31.3 Å². The molecule has 0 aliphatic heterocycles. The molecule has 0 bridgehead atoms. The molecule has 0 aliphatic carbocycles. The van der Waals surface area contributed by atoms with Gasteiger partial charge in [-0.2, -0.15) is 0 Å². The summed E-state index contributed by atoms with van der Waals surface area (Å²) >= 11 is 0. The predicted octanol–water partition coefficient (Wildman–Crippen LogP) is 4.38. The summed E-state index contributed by atoms with van der Waals surface area (Å²) in [4.78, 5) is 12.3. The van der Waals surface area contributed by atoms with Crippen LogP contribution in [0.3, 0.4) is 0 Å². The third-order valence-electron chi connectivity index (χ3n) is 4.09. The van der Waals surface area contributed by atoms with E-state index in [4.69, 9.17) is 4.74 Å². The number of carbonyl (C=O) groups is 1. The van der Waals surface area contributed by atoms with Crippen molar-refractivity contribution in [3.8, 4) is 5.75 Å². The fraction of sp³-hybridized carbons (Fsp3) is 0.381. The smallest absolute Gasteiger partial charge is 0.260 e. The predicted molar refractivity (Wildman–Crippen MR) is 98.5 cm³/mol. The van der Waals surface area contributed by atoms with Gasteiger partial charge in [0.05, 0.1) is 0 Å². The Labute approximate surface area is 149 Å². The van der Waals surface area contributed by atoms with Gasteiger partial charge in [-0.3, -0.25) is 4.79 Å². The molecule has 1 N–H and O–H groups in total. The lowest BCUT2D eigenvalue weighted by Crippen LogP contribution is -2.37. The topological polar surface area (TPSA) is 38.3 Å². The van der Waals surface area contributed by atoms with Gasteiger partial charge in [-0.1, -0.05) is 38.1 Å². The Hall–Kier alpha value is -2.36. The third-order valence-corrected chi connectivity index (χ3v) is 4.09. The molecule has 0 fully saturated rings. The number of halogens is 1. The zero-order valence-corrected chi connectivity index (χ0v) is 15.3. The van der Waals surface area contributed by atoms with Gasteiger partial charge in [-0.15, -0.1) is 0 Å². The van der Waals surface area contributed by atoms with E-state index in [1.54, 1.807) is 19.1 Å². The van der Waals surface area contributed by atoms with Gasteiger partial charge in [-0.25, -0.2) is 4.39 Å². The van der Waals surface area contributed by atoms with Crippen molar-refractivity contribution in [1.29, 1.82) is 0 Å². The van der Waals surface area contributed by atoms with Crippen LogP contribution >= 0.6 is 0 Å². The van der Waals surface area contributed by atoms with E-state index in [0.717, 1.165) is 22.4 Å². The molecule has 0 saturated carbocycles. The van der Waals surface area contributed by atoms with Crippen LogP contribution < -0.4 is 10.1 Å². The summed E-state index contributed by atoms with van der Waals surface area (Å²) in [7, 11) is 0. The number of hydrogen-bond donors (Lipinski definition) is 1. The highest BCUT2D eigenvalue weighted by molar-refractivity contribution is 5.80. The molecule has 2 aromatic carbocycles. The van der Waals surface area contributed by atoms with Crippen molar-refractivity contribution in [1.82, 2.24) is 5.32 Å². The molecule has 4 heteroatoms. The Morgan fingerprint density at radius 1 is 1.12 bits per heavy atom. The fourth-order valence-electron chi connectivity index (χ4n) is 2.59. The number of nitrogens with one attached hydrogen (secondary N) is 1. The highest BCUT2D eigenvalue weighted by Gasteiger charge is 2.17. The van der Waals surface area contributed by atoms with Crippen LogP contribution in [0.15, 0.2) is 42.5 Å². The maximum absolute atomic E-state index is 12.9. The van der Waals surface area contributed by atoms with E-state index in [-0.39, 0.29) is 11.7 Å². The maximum Gasteiger partial charge on any atom is 0.260 e. The molecule has 0 heterocycles. The lowest BCUT2D eigenvalue weighted by atomic mass is 10.0. The number of hydrogen-bond acceptors (Lipinski definition) is 2. The molecule has 1 atom stereocenters. The first-order valence-corrected chi connectivity index (χ1v) is 8.66. The quantitative estimate of drug-likeness (QED) is 0.810. The summed E-state index contributed by atoms with van der Waals surface area (Å²) in [6.45, 7) is 8.45. The van der Waals surface area contributed by atoms with E-state index in [0.29, 0.717) is 18.9 Å². The van der Waals surface area contributed by atoms with Gasteiger partial charge < -0.3 is 10.1 Å². The monoisotopic (exact) mass is 343 g/mol. The second-order valence-corrected chi connectivity index (χ2v) is 6.62. The summed E-state index contributed by atoms with van der Waals surface area (Å²) in [6.07, 6.45) is 0.0768. The standard InChI is InChI=1S/C21H26FNO2/c1-14(2)19-10-5-15(3)13-20(19)25-16(4)21(24)23-12-11-17-6-8-18(22)9-7-17/h5-10,13-14,16H,11-12H2,1-4H3,(H,23,24). The minimum absolute atomic E-state index is 0.154. The van der Waals surface area contributed by atoms with Crippen LogP contribution in [0.1, 0.15) is 43.4 Å². The van der Waals surface area contributed by atoms with Crippen LogP contribution in [0.4, 0.5) is 4.39 Å². The van der Waals surface area contributed by atoms with Crippen LogP contribution in [0.5, 0.6) is 5.75 Å². The minimum Gasteiger partial charge on any atom is -0.481 e. The Morgan fingerprint density at radius 2 is 1.80 bits per heavy atom. The first-order valence-electron chi connectivity index (χ1n) is 8.66. The number of amides is 1. The number of ether oxygens (including phenoxy) is 1. The van der Waals surface area contributed by atoms with E-state index < -0.39 is 6.10 Å². The lowest BCUT2D eigenvalue weighted by Gasteiger charge is -2.19. The zero-order valence-electron chi connectivity index (χ0n) is 15.3. The van der Waals surface area contributed by atoms with Gasteiger partial charge in [0.2, 0.25) is 0 Å². The van der Waals surface area contributed by atoms with Crippen molar-refractivity contribution in [2.45, 2.75) is 46.1 Å². The highest BCUT2D eigenvalue weighted by atomic mass is 19.1. The summed E-state index contributed by atoms with van der Waals surface area (Å²) in [5.74, 6) is 0.674. The van der Waals surface area contributed by atoms with Crippen LogP contribution in [-0.4, -0.2) is 18.6 Å². The second-order valence-electron chi connectivity index (χ2n) is 6.62. The number of carbonyl (C=O) groups excluding carboxylic acids is 1. The number of benzene rings is 2. The van der Waals surface area contributed by atoms with Crippen molar-refractivity contribution >= 4 is 5.91 Å². The van der Waals surface area contributed by atoms with Crippen molar-refractivity contribution in [2.75, 3.05) is 6.54 Å². The summed E-state index contributed by atoms with van der Waals surface area (Å²) in [5, 5.41) is 2.87. The Morgan fingerprint density at radius 3 is 2.44 bits per heavy atom. The van der Waals surface area contributed by atoms with Gasteiger partial charge in [-0.05, 0) is 61.1 Å². The van der Waals surface area contributed by atoms with Crippen LogP contribution in [0.2, 0.25) is 0 Å². The van der Waals surface area contributed by atoms with Gasteiger partial charge >= 0.3 is 0 Å². The molecule has 0 aliphatic rings. The summed E-state index contributed by atoms with van der Waals surface area (Å²) < 4.78 is 18.8. The SMILES string of the molecule is Cc1ccc(C(C)C)c(OC(C)C(=O)NCCc2ccc(F)cc2)c1. The van der Waals surface area contributed by atoms with Gasteiger partial charge in [0, 0.05) is 6.54 Å². The summed E-state index contributed by atoms with van der Waals surface area (Å²) in [5.41, 5.74) is 3.18. The number of rotatable bonds is 7. The molecule has 0 saturated heterocycles. The number of aryl methyl sites for hydroxylation is 1. The highest BCUT2D eigenvalue weighted by Crippen LogP contribution is 2.28. The maximum atomic E-state index is 12.9. The van der Waals surface area contributed by atoms with Crippen LogP contribution in [0, 0.1) is 12.7 Å². The Balaban J connectivity index is 1.90. The van der Waals surface area contributed by atoms with Gasteiger partial charge in [0.1, 0.15) is 11.6 Å². The van der Waals surface area contributed by atoms with Crippen molar-refractivity contribution in [2.24, 2.45) is 0 Å².